The van der Waals surface area contributed by atoms with Crippen LogP contribution in [0.15, 0.2) is 24.4 Å². The zero-order valence-corrected chi connectivity index (χ0v) is 15.9. The molecule has 1 unspecified atom stereocenters. The molecule has 2 aliphatic rings. The summed E-state index contributed by atoms with van der Waals surface area (Å²) < 4.78 is 7.16. The Bertz CT molecular complexity index is 1030. The number of ether oxygens (including phenoxy) is 1. The molecule has 0 spiro atoms. The second-order valence-corrected chi connectivity index (χ2v) is 7.12. The number of aliphatic carboxylic acids is 1. The molecule has 0 saturated carbocycles. The molecule has 3 heterocycles. The molecule has 2 aliphatic heterocycles. The Kier molecular flexibility index (Phi) is 5.17. The van der Waals surface area contributed by atoms with E-state index in [0.29, 0.717) is 23.4 Å². The number of carboxylic acid groups (broad SMARTS) is 1. The van der Waals surface area contributed by atoms with Crippen LogP contribution in [0.3, 0.4) is 0 Å². The highest BCUT2D eigenvalue weighted by atomic mass is 16.5. The van der Waals surface area contributed by atoms with Crippen LogP contribution in [-0.4, -0.2) is 54.7 Å². The lowest BCUT2D eigenvalue weighted by molar-refractivity contribution is -0.138. The summed E-state index contributed by atoms with van der Waals surface area (Å²) in [6.07, 6.45) is 2.08. The third-order valence-electron chi connectivity index (χ3n) is 5.02. The number of piperidine rings is 1. The summed E-state index contributed by atoms with van der Waals surface area (Å²) in [5.41, 5.74) is 1.79. The first kappa shape index (κ1) is 19.6. The van der Waals surface area contributed by atoms with Crippen molar-refractivity contribution in [2.75, 3.05) is 0 Å². The van der Waals surface area contributed by atoms with Crippen LogP contribution in [0.5, 0.6) is 5.75 Å². The maximum absolute atomic E-state index is 12.7. The smallest absolute Gasteiger partial charge is 0.305 e. The summed E-state index contributed by atoms with van der Waals surface area (Å²) in [4.78, 5) is 48.2. The van der Waals surface area contributed by atoms with Crippen LogP contribution in [0.1, 0.15) is 40.9 Å². The second-order valence-electron chi connectivity index (χ2n) is 7.12. The second kappa shape index (κ2) is 7.93. The number of rotatable bonds is 7. The van der Waals surface area contributed by atoms with Gasteiger partial charge in [0.1, 0.15) is 24.1 Å². The number of aryl methyl sites for hydroxylation is 1. The first-order chi connectivity index (χ1) is 14.4. The maximum atomic E-state index is 12.7. The molecule has 11 nitrogen and oxygen atoms in total. The van der Waals surface area contributed by atoms with Crippen LogP contribution in [0.2, 0.25) is 0 Å². The molecule has 1 atom stereocenters. The summed E-state index contributed by atoms with van der Waals surface area (Å²) in [6, 6.07) is 4.41. The van der Waals surface area contributed by atoms with Gasteiger partial charge in [-0.1, -0.05) is 5.21 Å². The molecule has 0 radical (unpaired) electrons. The Balaban J connectivity index is 1.39. The van der Waals surface area contributed by atoms with E-state index in [-0.39, 0.29) is 44.4 Å². The van der Waals surface area contributed by atoms with Gasteiger partial charge in [0.05, 0.1) is 19.2 Å². The third kappa shape index (κ3) is 4.00. The minimum absolute atomic E-state index is 0.0494. The van der Waals surface area contributed by atoms with E-state index in [1.165, 1.54) is 9.58 Å². The fourth-order valence-corrected chi connectivity index (χ4v) is 3.52. The van der Waals surface area contributed by atoms with Crippen molar-refractivity contribution in [1.82, 2.24) is 25.2 Å². The first-order valence-electron chi connectivity index (χ1n) is 9.42. The molecule has 11 heteroatoms. The standard InChI is InChI=1S/C19H19N5O6/c25-16-4-3-15(18(28)20-16)24-8-11-7-13(1-2-14(11)19(24)29)30-10-12-9-23(22-21-12)6-5-17(26)27/h1-2,7,9,15H,3-6,8,10H2,(H,26,27)(H,20,25,28). The summed E-state index contributed by atoms with van der Waals surface area (Å²) in [5, 5.41) is 18.8. The summed E-state index contributed by atoms with van der Waals surface area (Å²) in [6.45, 7) is 0.624. The topological polar surface area (TPSA) is 144 Å². The van der Waals surface area contributed by atoms with E-state index < -0.39 is 17.9 Å². The molecule has 0 bridgehead atoms. The van der Waals surface area contributed by atoms with Crippen LogP contribution in [0.25, 0.3) is 0 Å². The Labute approximate surface area is 170 Å². The third-order valence-corrected chi connectivity index (χ3v) is 5.02. The number of nitrogens with one attached hydrogen (secondary N) is 1. The van der Waals surface area contributed by atoms with Gasteiger partial charge < -0.3 is 14.7 Å². The highest BCUT2D eigenvalue weighted by Crippen LogP contribution is 2.30. The van der Waals surface area contributed by atoms with Gasteiger partial charge in [-0.05, 0) is 30.2 Å². The SMILES string of the molecule is O=C(O)CCn1cc(COc2ccc3c(c2)CN(C2CCC(=O)NC2=O)C3=O)nn1. The van der Waals surface area contributed by atoms with Gasteiger partial charge in [0.15, 0.2) is 0 Å². The highest BCUT2D eigenvalue weighted by molar-refractivity contribution is 6.05. The number of aromatic nitrogens is 3. The molecular weight excluding hydrogens is 394 g/mol. The highest BCUT2D eigenvalue weighted by Gasteiger charge is 2.39. The van der Waals surface area contributed by atoms with E-state index in [1.54, 1.807) is 24.4 Å². The van der Waals surface area contributed by atoms with Crippen molar-refractivity contribution in [2.45, 2.75) is 45.0 Å². The predicted molar refractivity (Wildman–Crippen MR) is 99.1 cm³/mol. The summed E-state index contributed by atoms with van der Waals surface area (Å²) in [7, 11) is 0. The summed E-state index contributed by atoms with van der Waals surface area (Å²) >= 11 is 0. The Morgan fingerprint density at radius 3 is 2.90 bits per heavy atom. The van der Waals surface area contributed by atoms with Crippen LogP contribution in [0, 0.1) is 0 Å². The minimum Gasteiger partial charge on any atom is -0.487 e. The van der Waals surface area contributed by atoms with Crippen LogP contribution in [-0.2, 0) is 34.1 Å². The van der Waals surface area contributed by atoms with Gasteiger partial charge in [0, 0.05) is 18.5 Å². The molecule has 1 fully saturated rings. The molecule has 156 valence electrons. The number of benzene rings is 1. The molecule has 0 aliphatic carbocycles. The number of imide groups is 1. The van der Waals surface area contributed by atoms with Gasteiger partial charge in [-0.3, -0.25) is 29.2 Å². The Hall–Kier alpha value is -3.76. The van der Waals surface area contributed by atoms with Gasteiger partial charge in [-0.15, -0.1) is 5.10 Å². The molecule has 1 saturated heterocycles. The van der Waals surface area contributed by atoms with E-state index in [4.69, 9.17) is 9.84 Å². The molecule has 2 N–H and O–H groups in total. The molecule has 1 aromatic carbocycles. The zero-order valence-electron chi connectivity index (χ0n) is 15.9. The number of carbonyl (C=O) groups excluding carboxylic acids is 3. The van der Waals surface area contributed by atoms with Crippen LogP contribution >= 0.6 is 0 Å². The van der Waals surface area contributed by atoms with E-state index in [0.717, 1.165) is 5.56 Å². The van der Waals surface area contributed by atoms with Gasteiger partial charge >= 0.3 is 5.97 Å². The number of amides is 3. The van der Waals surface area contributed by atoms with Crippen molar-refractivity contribution in [3.05, 3.63) is 41.2 Å². The van der Waals surface area contributed by atoms with E-state index in [9.17, 15) is 19.2 Å². The number of fused-ring (bicyclic) bond motifs is 1. The van der Waals surface area contributed by atoms with Gasteiger partial charge in [-0.2, -0.15) is 0 Å². The van der Waals surface area contributed by atoms with Crippen molar-refractivity contribution in [3.8, 4) is 5.75 Å². The minimum atomic E-state index is -0.915. The molecule has 1 aromatic heterocycles. The molecule has 30 heavy (non-hydrogen) atoms. The van der Waals surface area contributed by atoms with Crippen molar-refractivity contribution in [3.63, 3.8) is 0 Å². The van der Waals surface area contributed by atoms with Gasteiger partial charge in [-0.25, -0.2) is 0 Å². The van der Waals surface area contributed by atoms with Crippen molar-refractivity contribution < 1.29 is 29.0 Å². The number of hydrogen-bond acceptors (Lipinski definition) is 7. The van der Waals surface area contributed by atoms with Crippen molar-refractivity contribution in [2.24, 2.45) is 0 Å². The van der Waals surface area contributed by atoms with Gasteiger partial charge in [0.2, 0.25) is 11.8 Å². The van der Waals surface area contributed by atoms with E-state index in [1.807, 2.05) is 0 Å². The lowest BCUT2D eigenvalue weighted by atomic mass is 10.0. The largest absolute Gasteiger partial charge is 0.487 e. The lowest BCUT2D eigenvalue weighted by Gasteiger charge is -2.29. The monoisotopic (exact) mass is 413 g/mol. The fourth-order valence-electron chi connectivity index (χ4n) is 3.52. The number of hydrogen-bond donors (Lipinski definition) is 2. The van der Waals surface area contributed by atoms with E-state index >= 15 is 0 Å². The molecule has 4 rings (SSSR count). The Morgan fingerprint density at radius 1 is 1.30 bits per heavy atom. The van der Waals surface area contributed by atoms with Crippen molar-refractivity contribution in [1.29, 1.82) is 0 Å². The van der Waals surface area contributed by atoms with Crippen molar-refractivity contribution >= 4 is 23.7 Å². The van der Waals surface area contributed by atoms with Crippen LogP contribution in [0.4, 0.5) is 0 Å². The first-order valence-corrected chi connectivity index (χ1v) is 9.42. The fraction of sp³-hybridized carbons (Fsp3) is 0.368. The number of nitrogens with zero attached hydrogens (tertiary/aromatic N) is 4. The zero-order chi connectivity index (χ0) is 21.3. The predicted octanol–water partition coefficient (Wildman–Crippen LogP) is 0.0928. The molecular formula is C19H19N5O6. The maximum Gasteiger partial charge on any atom is 0.305 e. The quantitative estimate of drug-likeness (QED) is 0.608. The van der Waals surface area contributed by atoms with Gasteiger partial charge in [0.25, 0.3) is 5.91 Å². The average molecular weight is 413 g/mol. The van der Waals surface area contributed by atoms with E-state index in [2.05, 4.69) is 15.6 Å². The molecule has 3 amide bonds. The van der Waals surface area contributed by atoms with Crippen LogP contribution < -0.4 is 10.1 Å². The average Bonchev–Trinajstić information content (AvgIpc) is 3.29. The Morgan fingerprint density at radius 2 is 2.13 bits per heavy atom. The lowest BCUT2D eigenvalue weighted by Crippen LogP contribution is -2.52. The summed E-state index contributed by atoms with van der Waals surface area (Å²) in [5.74, 6) is -1.40. The number of carboxylic acids is 1. The molecule has 2 aromatic rings. The number of carbonyl (C=O) groups is 4. The normalized spacial score (nSPS) is 18.3.